The first-order valence-corrected chi connectivity index (χ1v) is 13.9. The molecule has 0 aromatic heterocycles. The van der Waals surface area contributed by atoms with Crippen molar-refractivity contribution in [3.05, 3.63) is 70.5 Å². The van der Waals surface area contributed by atoms with Gasteiger partial charge in [-0.25, -0.2) is 4.39 Å². The Morgan fingerprint density at radius 3 is 2.06 bits per heavy atom. The van der Waals surface area contributed by atoms with Crippen LogP contribution in [0.1, 0.15) is 47.1 Å². The minimum atomic E-state index is -2.13. The molecule has 0 saturated heterocycles. The van der Waals surface area contributed by atoms with Crippen molar-refractivity contribution in [1.82, 2.24) is 0 Å². The van der Waals surface area contributed by atoms with Crippen LogP contribution in [-0.4, -0.2) is 8.32 Å². The molecule has 0 aliphatic carbocycles. The summed E-state index contributed by atoms with van der Waals surface area (Å²) >= 11 is 3.43. The lowest BCUT2D eigenvalue weighted by Gasteiger charge is -2.42. The number of hydrogen-bond acceptors (Lipinski definition) is 2. The highest BCUT2D eigenvalue weighted by Crippen LogP contribution is 2.45. The smallest absolute Gasteiger partial charge is 0.258 e. The van der Waals surface area contributed by atoms with E-state index in [0.29, 0.717) is 33.5 Å². The minimum Gasteiger partial charge on any atom is -0.543 e. The molecule has 0 radical (unpaired) electrons. The van der Waals surface area contributed by atoms with Crippen LogP contribution in [0, 0.1) is 5.82 Å². The highest BCUT2D eigenvalue weighted by Gasteiger charge is 2.47. The van der Waals surface area contributed by atoms with Crippen molar-refractivity contribution >= 4 is 35.0 Å². The molecule has 0 unspecified atom stereocenters. The molecular weight excluding hydrogens is 471 g/mol. The van der Waals surface area contributed by atoms with Gasteiger partial charge in [0, 0.05) is 11.5 Å². The molecular formula is C26H32BrFO2Si. The third-order valence-corrected chi connectivity index (χ3v) is 13.0. The zero-order valence-electron chi connectivity index (χ0n) is 19.2. The average molecular weight is 504 g/mol. The third-order valence-electron chi connectivity index (χ3n) is 6.18. The highest BCUT2D eigenvalue weighted by atomic mass is 79.9. The van der Waals surface area contributed by atoms with Crippen molar-refractivity contribution in [2.45, 2.75) is 64.8 Å². The fraction of sp³-hybridized carbons (Fsp3) is 0.385. The first-order valence-electron chi connectivity index (χ1n) is 10.9. The Labute approximate surface area is 195 Å². The summed E-state index contributed by atoms with van der Waals surface area (Å²) in [7, 11) is -2.13. The first kappa shape index (κ1) is 23.8. The second kappa shape index (κ2) is 9.74. The highest BCUT2D eigenvalue weighted by molar-refractivity contribution is 9.10. The Morgan fingerprint density at radius 1 is 0.871 bits per heavy atom. The Bertz CT molecular complexity index is 1010. The van der Waals surface area contributed by atoms with Gasteiger partial charge in [0.25, 0.3) is 8.32 Å². The molecule has 3 aromatic carbocycles. The Morgan fingerprint density at radius 2 is 1.48 bits per heavy atom. The van der Waals surface area contributed by atoms with Gasteiger partial charge >= 0.3 is 0 Å². The normalized spacial score (nSPS) is 12.2. The van der Waals surface area contributed by atoms with Gasteiger partial charge in [0.15, 0.2) is 0 Å². The van der Waals surface area contributed by atoms with Crippen LogP contribution in [0.4, 0.5) is 4.39 Å². The van der Waals surface area contributed by atoms with Gasteiger partial charge in [-0.1, -0.05) is 77.9 Å². The lowest BCUT2D eigenvalue weighted by atomic mass is 10.1. The lowest BCUT2D eigenvalue weighted by molar-refractivity contribution is 0.308. The molecule has 0 bridgehead atoms. The van der Waals surface area contributed by atoms with Crippen molar-refractivity contribution in [2.75, 3.05) is 0 Å². The lowest BCUT2D eigenvalue weighted by Crippen LogP contribution is -2.50. The monoisotopic (exact) mass is 502 g/mol. The van der Waals surface area contributed by atoms with Crippen molar-refractivity contribution in [1.29, 1.82) is 0 Å². The van der Waals surface area contributed by atoms with Crippen LogP contribution in [0.25, 0.3) is 10.8 Å². The fourth-order valence-electron chi connectivity index (χ4n) is 4.80. The van der Waals surface area contributed by atoms with E-state index in [1.807, 2.05) is 42.5 Å². The Balaban J connectivity index is 2.10. The van der Waals surface area contributed by atoms with Crippen molar-refractivity contribution in [2.24, 2.45) is 0 Å². The van der Waals surface area contributed by atoms with Crippen LogP contribution in [0.5, 0.6) is 11.5 Å². The molecule has 3 rings (SSSR count). The quantitative estimate of drug-likeness (QED) is 0.286. The third kappa shape index (κ3) is 4.83. The summed E-state index contributed by atoms with van der Waals surface area (Å²) in [5.74, 6) is 1.12. The summed E-state index contributed by atoms with van der Waals surface area (Å²) in [5, 5.41) is 1.63. The Hall–Kier alpha value is -1.85. The van der Waals surface area contributed by atoms with Gasteiger partial charge in [-0.05, 0) is 55.6 Å². The summed E-state index contributed by atoms with van der Waals surface area (Å²) in [6.07, 6.45) is 0. The van der Waals surface area contributed by atoms with Gasteiger partial charge in [-0.3, -0.25) is 0 Å². The zero-order valence-corrected chi connectivity index (χ0v) is 21.8. The van der Waals surface area contributed by atoms with Gasteiger partial charge in [-0.15, -0.1) is 0 Å². The molecule has 0 fully saturated rings. The molecule has 3 aromatic rings. The number of benzene rings is 3. The molecule has 0 aliphatic rings. The SMILES string of the molecule is CC(C)[Si](Oc1cc(OCc2ccccc2)c2c(Br)c(F)ccc2c1)(C(C)C)C(C)C. The molecule has 0 heterocycles. The zero-order chi connectivity index (χ0) is 22.8. The van der Waals surface area contributed by atoms with E-state index in [4.69, 9.17) is 9.16 Å². The van der Waals surface area contributed by atoms with Crippen molar-refractivity contribution in [3.63, 3.8) is 0 Å². The van der Waals surface area contributed by atoms with Crippen LogP contribution in [-0.2, 0) is 6.61 Å². The van der Waals surface area contributed by atoms with Gasteiger partial charge in [-0.2, -0.15) is 0 Å². The molecule has 0 amide bonds. The fourth-order valence-corrected chi connectivity index (χ4v) is 10.6. The second-order valence-corrected chi connectivity index (χ2v) is 15.2. The van der Waals surface area contributed by atoms with Crippen LogP contribution < -0.4 is 9.16 Å². The van der Waals surface area contributed by atoms with Crippen molar-refractivity contribution < 1.29 is 13.6 Å². The maximum atomic E-state index is 14.4. The molecule has 0 saturated carbocycles. The number of halogens is 2. The van der Waals surface area contributed by atoms with Crippen LogP contribution in [0.15, 0.2) is 59.1 Å². The van der Waals surface area contributed by atoms with E-state index >= 15 is 0 Å². The minimum absolute atomic E-state index is 0.305. The predicted octanol–water partition coefficient (Wildman–Crippen LogP) is 8.87. The van der Waals surface area contributed by atoms with Gasteiger partial charge < -0.3 is 9.16 Å². The summed E-state index contributed by atoms with van der Waals surface area (Å²) < 4.78 is 27.9. The van der Waals surface area contributed by atoms with Gasteiger partial charge in [0.2, 0.25) is 0 Å². The molecule has 0 N–H and O–H groups in total. The van der Waals surface area contributed by atoms with E-state index in [1.165, 1.54) is 6.07 Å². The summed E-state index contributed by atoms with van der Waals surface area (Å²) in [6.45, 7) is 14.0. The van der Waals surface area contributed by atoms with E-state index in [9.17, 15) is 4.39 Å². The van der Waals surface area contributed by atoms with Crippen molar-refractivity contribution in [3.8, 4) is 11.5 Å². The van der Waals surface area contributed by atoms with E-state index in [1.54, 1.807) is 6.07 Å². The van der Waals surface area contributed by atoms with Crippen LogP contribution in [0.2, 0.25) is 16.6 Å². The van der Waals surface area contributed by atoms with E-state index in [-0.39, 0.29) is 5.82 Å². The maximum Gasteiger partial charge on any atom is 0.258 e. The van der Waals surface area contributed by atoms with Gasteiger partial charge in [0.1, 0.15) is 23.9 Å². The molecule has 5 heteroatoms. The van der Waals surface area contributed by atoms with Gasteiger partial charge in [0.05, 0.1) is 4.47 Å². The number of fused-ring (bicyclic) bond motifs is 1. The average Bonchev–Trinajstić information content (AvgIpc) is 2.72. The second-order valence-electron chi connectivity index (χ2n) is 9.07. The Kier molecular flexibility index (Phi) is 7.48. The first-order chi connectivity index (χ1) is 14.7. The number of rotatable bonds is 8. The number of ether oxygens (including phenoxy) is 1. The molecule has 2 nitrogen and oxygen atoms in total. The summed E-state index contributed by atoms with van der Waals surface area (Å²) in [6, 6.07) is 17.2. The van der Waals surface area contributed by atoms with Crippen LogP contribution in [0.3, 0.4) is 0 Å². The standard InChI is InChI=1S/C26H32BrFO2Si/c1-17(2)31(18(3)4,19(5)6)30-22-14-21-12-13-23(28)26(27)25(21)24(15-22)29-16-20-10-8-7-9-11-20/h7-15,17-19H,16H2,1-6H3. The van der Waals surface area contributed by atoms with E-state index in [2.05, 4.69) is 57.5 Å². The van der Waals surface area contributed by atoms with E-state index in [0.717, 1.165) is 22.1 Å². The molecule has 0 atom stereocenters. The predicted molar refractivity (Wildman–Crippen MR) is 134 cm³/mol. The summed E-state index contributed by atoms with van der Waals surface area (Å²) in [5.41, 5.74) is 2.43. The molecule has 31 heavy (non-hydrogen) atoms. The molecule has 0 spiro atoms. The number of hydrogen-bond donors (Lipinski definition) is 0. The van der Waals surface area contributed by atoms with Crippen LogP contribution >= 0.6 is 15.9 Å². The summed E-state index contributed by atoms with van der Waals surface area (Å²) in [4.78, 5) is 0. The largest absolute Gasteiger partial charge is 0.543 e. The maximum absolute atomic E-state index is 14.4. The molecule has 0 aliphatic heterocycles. The molecule has 166 valence electrons. The topological polar surface area (TPSA) is 18.5 Å². The van der Waals surface area contributed by atoms with E-state index < -0.39 is 8.32 Å².